The Morgan fingerprint density at radius 2 is 2.12 bits per heavy atom. The highest BCUT2D eigenvalue weighted by molar-refractivity contribution is 9.10. The topological polar surface area (TPSA) is 38.7 Å². The average Bonchev–Trinajstić information content (AvgIpc) is 2.79. The number of carbonyl (C=O) groups excluding carboxylic acids is 1. The summed E-state index contributed by atoms with van der Waals surface area (Å²) in [6.45, 7) is 0. The van der Waals surface area contributed by atoms with Gasteiger partial charge in [0.1, 0.15) is 11.3 Å². The van der Waals surface area contributed by atoms with Crippen LogP contribution in [-0.4, -0.2) is 13.2 Å². The Bertz CT molecular complexity index is 460. The first kappa shape index (κ1) is 12.3. The summed E-state index contributed by atoms with van der Waals surface area (Å²) >= 11 is 3.41. The monoisotopic (exact) mass is 295 g/mol. The van der Waals surface area contributed by atoms with Crippen molar-refractivity contribution in [2.24, 2.45) is 4.99 Å². The molecule has 0 N–H and O–H groups in total. The highest BCUT2D eigenvalue weighted by atomic mass is 79.9. The molecule has 0 aromatic heterocycles. The number of ether oxygens (including phenoxy) is 1. The summed E-state index contributed by atoms with van der Waals surface area (Å²) in [5, 5.41) is 0. The van der Waals surface area contributed by atoms with Gasteiger partial charge in [0.05, 0.1) is 7.11 Å². The van der Waals surface area contributed by atoms with E-state index < -0.39 is 5.54 Å². The van der Waals surface area contributed by atoms with Crippen LogP contribution in [0.5, 0.6) is 5.75 Å². The summed E-state index contributed by atoms with van der Waals surface area (Å²) < 4.78 is 6.35. The lowest BCUT2D eigenvalue weighted by atomic mass is 9.88. The molecule has 90 valence electrons. The number of nitrogens with zero attached hydrogens (tertiary/aromatic N) is 1. The smallest absolute Gasteiger partial charge is 0.235 e. The number of hydrogen-bond donors (Lipinski definition) is 0. The van der Waals surface area contributed by atoms with Crippen molar-refractivity contribution in [2.75, 3.05) is 7.11 Å². The maximum absolute atomic E-state index is 10.7. The molecule has 0 spiro atoms. The van der Waals surface area contributed by atoms with Crippen molar-refractivity contribution < 1.29 is 9.53 Å². The van der Waals surface area contributed by atoms with Crippen LogP contribution < -0.4 is 4.74 Å². The van der Waals surface area contributed by atoms with Gasteiger partial charge in [-0.1, -0.05) is 34.8 Å². The third kappa shape index (κ3) is 2.28. The van der Waals surface area contributed by atoms with Gasteiger partial charge < -0.3 is 4.74 Å². The summed E-state index contributed by atoms with van der Waals surface area (Å²) in [4.78, 5) is 14.7. The standard InChI is InChI=1S/C13H14BrNO2/c1-17-12-8-10(14)4-5-11(12)13(15-9-16)6-2-3-7-13/h4-5,8H,2-3,6-7H2,1H3. The van der Waals surface area contributed by atoms with Crippen molar-refractivity contribution in [3.63, 3.8) is 0 Å². The second-order valence-corrected chi connectivity index (χ2v) is 5.20. The Morgan fingerprint density at radius 1 is 1.41 bits per heavy atom. The minimum Gasteiger partial charge on any atom is -0.496 e. The molecule has 1 aliphatic carbocycles. The number of rotatable bonds is 3. The van der Waals surface area contributed by atoms with Gasteiger partial charge in [0, 0.05) is 10.0 Å². The van der Waals surface area contributed by atoms with Gasteiger partial charge in [0.15, 0.2) is 0 Å². The zero-order chi connectivity index (χ0) is 12.3. The summed E-state index contributed by atoms with van der Waals surface area (Å²) in [6.07, 6.45) is 5.68. The predicted octanol–water partition coefficient (Wildman–Crippen LogP) is 3.56. The molecule has 0 bridgehead atoms. The van der Waals surface area contributed by atoms with Crippen LogP contribution in [-0.2, 0) is 10.3 Å². The van der Waals surface area contributed by atoms with E-state index in [9.17, 15) is 4.79 Å². The van der Waals surface area contributed by atoms with Crippen LogP contribution >= 0.6 is 15.9 Å². The molecule has 0 radical (unpaired) electrons. The van der Waals surface area contributed by atoms with Crippen LogP contribution in [0.15, 0.2) is 27.7 Å². The zero-order valence-corrected chi connectivity index (χ0v) is 11.3. The normalized spacial score (nSPS) is 17.5. The molecule has 2 rings (SSSR count). The van der Waals surface area contributed by atoms with Gasteiger partial charge in [-0.3, -0.25) is 0 Å². The number of isocyanates is 1. The third-order valence-electron chi connectivity index (χ3n) is 3.36. The van der Waals surface area contributed by atoms with Gasteiger partial charge in [-0.2, -0.15) is 4.99 Å². The van der Waals surface area contributed by atoms with Crippen molar-refractivity contribution in [3.8, 4) is 5.75 Å². The van der Waals surface area contributed by atoms with Crippen molar-refractivity contribution in [1.29, 1.82) is 0 Å². The maximum atomic E-state index is 10.7. The average molecular weight is 296 g/mol. The van der Waals surface area contributed by atoms with Gasteiger partial charge in [0.2, 0.25) is 6.08 Å². The Balaban J connectivity index is 2.53. The fourth-order valence-electron chi connectivity index (χ4n) is 2.54. The molecule has 0 atom stereocenters. The first-order valence-electron chi connectivity index (χ1n) is 5.65. The molecule has 0 amide bonds. The molecule has 4 heteroatoms. The van der Waals surface area contributed by atoms with E-state index in [2.05, 4.69) is 20.9 Å². The molecule has 0 heterocycles. The minimum absolute atomic E-state index is 0.423. The Labute approximate surface area is 109 Å². The van der Waals surface area contributed by atoms with Crippen LogP contribution in [0.1, 0.15) is 31.2 Å². The van der Waals surface area contributed by atoms with E-state index in [1.54, 1.807) is 13.2 Å². The summed E-state index contributed by atoms with van der Waals surface area (Å²) in [7, 11) is 1.64. The van der Waals surface area contributed by atoms with Crippen molar-refractivity contribution in [1.82, 2.24) is 0 Å². The van der Waals surface area contributed by atoms with Gasteiger partial charge in [-0.05, 0) is 25.0 Å². The van der Waals surface area contributed by atoms with Gasteiger partial charge in [0.25, 0.3) is 0 Å². The molecule has 17 heavy (non-hydrogen) atoms. The minimum atomic E-state index is -0.423. The molecule has 0 saturated heterocycles. The molecule has 1 aromatic rings. The Kier molecular flexibility index (Phi) is 3.65. The zero-order valence-electron chi connectivity index (χ0n) is 9.70. The molecule has 1 saturated carbocycles. The lowest BCUT2D eigenvalue weighted by Gasteiger charge is -2.25. The van der Waals surface area contributed by atoms with E-state index in [1.165, 1.54) is 0 Å². The highest BCUT2D eigenvalue weighted by Crippen LogP contribution is 2.46. The molecule has 1 aliphatic rings. The molecule has 1 fully saturated rings. The van der Waals surface area contributed by atoms with Crippen LogP contribution in [0, 0.1) is 0 Å². The lowest BCUT2D eigenvalue weighted by molar-refractivity contribution is 0.379. The molecule has 1 aromatic carbocycles. The molecular weight excluding hydrogens is 282 g/mol. The number of aliphatic imine (C=N–C) groups is 1. The van der Waals surface area contributed by atoms with Gasteiger partial charge in [-0.15, -0.1) is 0 Å². The van der Waals surface area contributed by atoms with Crippen LogP contribution in [0.25, 0.3) is 0 Å². The van der Waals surface area contributed by atoms with Crippen molar-refractivity contribution in [2.45, 2.75) is 31.2 Å². The Morgan fingerprint density at radius 3 is 2.71 bits per heavy atom. The maximum Gasteiger partial charge on any atom is 0.235 e. The fraction of sp³-hybridized carbons (Fsp3) is 0.462. The summed E-state index contributed by atoms with van der Waals surface area (Å²) in [5.41, 5.74) is 0.567. The largest absolute Gasteiger partial charge is 0.496 e. The first-order valence-corrected chi connectivity index (χ1v) is 6.44. The molecule has 0 unspecified atom stereocenters. The van der Waals surface area contributed by atoms with Crippen molar-refractivity contribution >= 4 is 22.0 Å². The second-order valence-electron chi connectivity index (χ2n) is 4.29. The lowest BCUT2D eigenvalue weighted by Crippen LogP contribution is -2.19. The van der Waals surface area contributed by atoms with E-state index in [1.807, 2.05) is 18.2 Å². The highest BCUT2D eigenvalue weighted by Gasteiger charge is 2.37. The molecule has 0 aliphatic heterocycles. The summed E-state index contributed by atoms with van der Waals surface area (Å²) in [5.74, 6) is 0.778. The third-order valence-corrected chi connectivity index (χ3v) is 3.85. The number of hydrogen-bond acceptors (Lipinski definition) is 3. The SMILES string of the molecule is COc1cc(Br)ccc1C1(N=C=O)CCCC1. The molecular formula is C13H14BrNO2. The number of benzene rings is 1. The van der Waals surface area contributed by atoms with E-state index in [-0.39, 0.29) is 0 Å². The van der Waals surface area contributed by atoms with Gasteiger partial charge >= 0.3 is 0 Å². The van der Waals surface area contributed by atoms with Crippen LogP contribution in [0.3, 0.4) is 0 Å². The Hall–Kier alpha value is -1.12. The van der Waals surface area contributed by atoms with Gasteiger partial charge in [-0.25, -0.2) is 4.79 Å². The van der Waals surface area contributed by atoms with E-state index >= 15 is 0 Å². The predicted molar refractivity (Wildman–Crippen MR) is 69.0 cm³/mol. The molecule has 3 nitrogen and oxygen atoms in total. The van der Waals surface area contributed by atoms with E-state index in [0.29, 0.717) is 0 Å². The van der Waals surface area contributed by atoms with E-state index in [4.69, 9.17) is 4.74 Å². The fourth-order valence-corrected chi connectivity index (χ4v) is 2.88. The summed E-state index contributed by atoms with van der Waals surface area (Å²) in [6, 6.07) is 5.85. The quantitative estimate of drug-likeness (QED) is 0.632. The number of methoxy groups -OCH3 is 1. The first-order chi connectivity index (χ1) is 8.22. The van der Waals surface area contributed by atoms with Crippen molar-refractivity contribution in [3.05, 3.63) is 28.2 Å². The van der Waals surface area contributed by atoms with E-state index in [0.717, 1.165) is 41.5 Å². The van der Waals surface area contributed by atoms with Crippen LogP contribution in [0.2, 0.25) is 0 Å². The second kappa shape index (κ2) is 5.03. The van der Waals surface area contributed by atoms with Crippen LogP contribution in [0.4, 0.5) is 0 Å². The number of halogens is 1.